The summed E-state index contributed by atoms with van der Waals surface area (Å²) < 4.78 is 5.51. The Balaban J connectivity index is 2.25. The van der Waals surface area contributed by atoms with Crippen LogP contribution >= 0.6 is 0 Å². The maximum Gasteiger partial charge on any atom is 0.410 e. The molecule has 0 spiro atoms. The van der Waals surface area contributed by atoms with Crippen molar-refractivity contribution in [2.45, 2.75) is 51.5 Å². The number of carbonyl (C=O) groups is 1. The Kier molecular flexibility index (Phi) is 5.08. The number of amides is 1. The van der Waals surface area contributed by atoms with E-state index in [1.54, 1.807) is 11.9 Å². The molecule has 0 unspecified atom stereocenters. The molecule has 1 heterocycles. The highest BCUT2D eigenvalue weighted by atomic mass is 16.6. The van der Waals surface area contributed by atoms with Gasteiger partial charge in [0.05, 0.1) is 12.1 Å². The number of likely N-dealkylation sites (N-methyl/N-ethyl adjacent to an activating group) is 1. The third-order valence-electron chi connectivity index (χ3n) is 3.77. The van der Waals surface area contributed by atoms with Crippen LogP contribution in [0.1, 0.15) is 31.9 Å². The third kappa shape index (κ3) is 3.99. The first-order valence-electron chi connectivity index (χ1n) is 7.71. The molecule has 0 radical (unpaired) electrons. The molecule has 1 aliphatic rings. The summed E-state index contributed by atoms with van der Waals surface area (Å²) in [5, 5.41) is 13.4. The summed E-state index contributed by atoms with van der Waals surface area (Å²) >= 11 is 0. The number of nitrogens with one attached hydrogen (secondary N) is 1. The van der Waals surface area contributed by atoms with E-state index in [0.717, 1.165) is 5.56 Å². The van der Waals surface area contributed by atoms with Gasteiger partial charge in [-0.05, 0) is 45.4 Å². The van der Waals surface area contributed by atoms with Crippen molar-refractivity contribution in [3.05, 3.63) is 35.4 Å². The van der Waals surface area contributed by atoms with E-state index in [-0.39, 0.29) is 12.1 Å². The molecule has 0 bridgehead atoms. The number of hydrogen-bond donors (Lipinski definition) is 2. The largest absolute Gasteiger partial charge is 0.444 e. The predicted molar refractivity (Wildman–Crippen MR) is 85.6 cm³/mol. The van der Waals surface area contributed by atoms with Crippen molar-refractivity contribution in [3.8, 4) is 0 Å². The highest BCUT2D eigenvalue weighted by Crippen LogP contribution is 2.26. The van der Waals surface area contributed by atoms with Gasteiger partial charge >= 0.3 is 6.09 Å². The lowest BCUT2D eigenvalue weighted by atomic mass is 9.91. The van der Waals surface area contributed by atoms with Crippen LogP contribution in [-0.4, -0.2) is 47.4 Å². The fourth-order valence-electron chi connectivity index (χ4n) is 2.76. The molecular weight excluding hydrogens is 280 g/mol. The highest BCUT2D eigenvalue weighted by Gasteiger charge is 2.36. The maximum absolute atomic E-state index is 12.5. The minimum atomic E-state index is -0.633. The van der Waals surface area contributed by atoms with Crippen LogP contribution in [0.3, 0.4) is 0 Å². The topological polar surface area (TPSA) is 61.8 Å². The Morgan fingerprint density at radius 2 is 2.05 bits per heavy atom. The van der Waals surface area contributed by atoms with E-state index in [4.69, 9.17) is 4.74 Å². The number of rotatable bonds is 3. The lowest BCUT2D eigenvalue weighted by Crippen LogP contribution is -2.53. The molecule has 5 nitrogen and oxygen atoms in total. The summed E-state index contributed by atoms with van der Waals surface area (Å²) in [5.41, 5.74) is 1.75. The van der Waals surface area contributed by atoms with Gasteiger partial charge in [0, 0.05) is 13.1 Å². The van der Waals surface area contributed by atoms with E-state index in [0.29, 0.717) is 19.5 Å². The van der Waals surface area contributed by atoms with Crippen LogP contribution in [-0.2, 0) is 17.7 Å². The molecule has 0 saturated carbocycles. The molecule has 0 saturated heterocycles. The number of benzene rings is 1. The van der Waals surface area contributed by atoms with Crippen LogP contribution in [0.25, 0.3) is 0 Å². The van der Waals surface area contributed by atoms with Crippen molar-refractivity contribution >= 4 is 6.09 Å². The summed E-state index contributed by atoms with van der Waals surface area (Å²) in [6.07, 6.45) is -0.369. The monoisotopic (exact) mass is 306 g/mol. The van der Waals surface area contributed by atoms with Crippen LogP contribution in [0.15, 0.2) is 24.3 Å². The molecule has 22 heavy (non-hydrogen) atoms. The van der Waals surface area contributed by atoms with Gasteiger partial charge in [0.15, 0.2) is 0 Å². The molecule has 0 aliphatic carbocycles. The van der Waals surface area contributed by atoms with Gasteiger partial charge in [-0.25, -0.2) is 4.79 Å². The Bertz CT molecular complexity index is 525. The van der Waals surface area contributed by atoms with Gasteiger partial charge in [-0.2, -0.15) is 0 Å². The fourth-order valence-corrected chi connectivity index (χ4v) is 2.76. The Labute approximate surface area is 132 Å². The molecule has 1 aliphatic heterocycles. The highest BCUT2D eigenvalue weighted by molar-refractivity contribution is 5.69. The number of fused-ring (bicyclic) bond motifs is 1. The minimum Gasteiger partial charge on any atom is -0.444 e. The molecule has 0 aromatic heterocycles. The van der Waals surface area contributed by atoms with E-state index >= 15 is 0 Å². The third-order valence-corrected chi connectivity index (χ3v) is 3.77. The number of carbonyl (C=O) groups excluding carboxylic acids is 1. The van der Waals surface area contributed by atoms with E-state index in [1.165, 1.54) is 5.56 Å². The number of nitrogens with zero attached hydrogens (tertiary/aromatic N) is 1. The SMILES string of the molecule is CNC[C@@H](O)[C@@H]1Cc2ccccc2CN1C(=O)OC(C)(C)C. The van der Waals surface area contributed by atoms with Gasteiger partial charge < -0.3 is 15.2 Å². The average Bonchev–Trinajstić information content (AvgIpc) is 2.44. The van der Waals surface area contributed by atoms with Gasteiger partial charge in [0.25, 0.3) is 0 Å². The summed E-state index contributed by atoms with van der Waals surface area (Å²) in [4.78, 5) is 14.2. The molecular formula is C17H26N2O3. The number of ether oxygens (including phenoxy) is 1. The smallest absolute Gasteiger partial charge is 0.410 e. The van der Waals surface area contributed by atoms with Crippen molar-refractivity contribution in [2.75, 3.05) is 13.6 Å². The Hall–Kier alpha value is -1.59. The lowest BCUT2D eigenvalue weighted by molar-refractivity contribution is -0.0113. The van der Waals surface area contributed by atoms with Crippen molar-refractivity contribution < 1.29 is 14.6 Å². The van der Waals surface area contributed by atoms with E-state index in [2.05, 4.69) is 11.4 Å². The van der Waals surface area contributed by atoms with Crippen molar-refractivity contribution in [1.29, 1.82) is 0 Å². The summed E-state index contributed by atoms with van der Waals surface area (Å²) in [5.74, 6) is 0. The van der Waals surface area contributed by atoms with Gasteiger partial charge in [0.1, 0.15) is 5.60 Å². The van der Waals surface area contributed by atoms with Gasteiger partial charge in [-0.1, -0.05) is 24.3 Å². The first kappa shape index (κ1) is 16.8. The molecule has 1 aromatic rings. The summed E-state index contributed by atoms with van der Waals surface area (Å²) in [6, 6.07) is 7.76. The van der Waals surface area contributed by atoms with Crippen LogP contribution in [0.5, 0.6) is 0 Å². The molecule has 2 N–H and O–H groups in total. The molecule has 5 heteroatoms. The second-order valence-electron chi connectivity index (χ2n) is 6.77. The van der Waals surface area contributed by atoms with Crippen LogP contribution in [0.2, 0.25) is 0 Å². The molecule has 122 valence electrons. The molecule has 2 rings (SSSR count). The summed E-state index contributed by atoms with van der Waals surface area (Å²) in [7, 11) is 1.79. The van der Waals surface area contributed by atoms with Gasteiger partial charge in [-0.3, -0.25) is 4.90 Å². The second-order valence-corrected chi connectivity index (χ2v) is 6.77. The van der Waals surface area contributed by atoms with Gasteiger partial charge in [0.2, 0.25) is 0 Å². The zero-order valence-corrected chi connectivity index (χ0v) is 13.8. The first-order chi connectivity index (χ1) is 10.3. The molecule has 0 fully saturated rings. The predicted octanol–water partition coefficient (Wildman–Crippen LogP) is 1.93. The van der Waals surface area contributed by atoms with Crippen LogP contribution in [0.4, 0.5) is 4.79 Å². The first-order valence-corrected chi connectivity index (χ1v) is 7.71. The van der Waals surface area contributed by atoms with E-state index in [1.807, 2.05) is 39.0 Å². The van der Waals surface area contributed by atoms with Crippen molar-refractivity contribution in [1.82, 2.24) is 10.2 Å². The van der Waals surface area contributed by atoms with Gasteiger partial charge in [-0.15, -0.1) is 0 Å². The number of aliphatic hydroxyl groups excluding tert-OH is 1. The van der Waals surface area contributed by atoms with Crippen molar-refractivity contribution in [3.63, 3.8) is 0 Å². The zero-order chi connectivity index (χ0) is 16.3. The Morgan fingerprint density at radius 3 is 2.64 bits per heavy atom. The standard InChI is InChI=1S/C17H26N2O3/c1-17(2,3)22-16(21)19-11-13-8-6-5-7-12(13)9-14(19)15(20)10-18-4/h5-8,14-15,18,20H,9-11H2,1-4H3/t14-,15+/m0/s1. The van der Waals surface area contributed by atoms with Crippen LogP contribution < -0.4 is 5.32 Å². The second kappa shape index (κ2) is 6.67. The van der Waals surface area contributed by atoms with E-state index in [9.17, 15) is 9.90 Å². The average molecular weight is 306 g/mol. The Morgan fingerprint density at radius 1 is 1.41 bits per heavy atom. The number of hydrogen-bond acceptors (Lipinski definition) is 4. The van der Waals surface area contributed by atoms with Crippen LogP contribution in [0, 0.1) is 0 Å². The summed E-state index contributed by atoms with van der Waals surface area (Å²) in [6.45, 7) is 6.45. The molecule has 1 amide bonds. The van der Waals surface area contributed by atoms with Crippen molar-refractivity contribution in [2.24, 2.45) is 0 Å². The fraction of sp³-hybridized carbons (Fsp3) is 0.588. The van der Waals surface area contributed by atoms with E-state index < -0.39 is 11.7 Å². The lowest BCUT2D eigenvalue weighted by Gasteiger charge is -2.39. The molecule has 2 atom stereocenters. The zero-order valence-electron chi connectivity index (χ0n) is 13.8. The number of aliphatic hydroxyl groups is 1. The molecule has 1 aromatic carbocycles. The maximum atomic E-state index is 12.5. The minimum absolute atomic E-state index is 0.280. The quantitative estimate of drug-likeness (QED) is 0.896. The normalized spacial score (nSPS) is 19.5.